The molecular formula is C34H41Cl2NO5. The maximum Gasteiger partial charge on any atom is 0.309 e. The predicted octanol–water partition coefficient (Wildman–Crippen LogP) is 8.80. The Morgan fingerprint density at radius 2 is 1.86 bits per heavy atom. The molecule has 2 aliphatic carbocycles. The minimum atomic E-state index is -1.01. The number of carboxylic acids is 1. The summed E-state index contributed by atoms with van der Waals surface area (Å²) in [5.74, 6) is 0.654. The molecule has 0 amide bonds. The van der Waals surface area contributed by atoms with Crippen LogP contribution in [0.15, 0.2) is 47.0 Å². The van der Waals surface area contributed by atoms with Gasteiger partial charge in [-0.1, -0.05) is 72.5 Å². The van der Waals surface area contributed by atoms with Gasteiger partial charge in [0.15, 0.2) is 0 Å². The molecule has 0 spiro atoms. The van der Waals surface area contributed by atoms with Gasteiger partial charge >= 0.3 is 5.97 Å². The molecule has 5 rings (SSSR count). The standard InChI is InChI=1S/C34H41Cl2NO5/c1-5-24(41-19-25-30(37-42-31(25)22-12-13-22)29-27(35)10-7-11-28(29)36)17-26-20(2)14-15-34(26,40)23-9-6-8-21(16-23)18-33(3,4)32(38)39/h6-11,16,20,22,24,26,40H,5,12-15,17-19H2,1-4H3,(H,38,39)/t20-,24+,26+,34+/m0/s1. The average molecular weight is 615 g/mol. The number of hydrogen-bond acceptors (Lipinski definition) is 5. The Labute approximate surface area is 258 Å². The number of aliphatic carboxylic acids is 1. The summed E-state index contributed by atoms with van der Waals surface area (Å²) in [7, 11) is 0. The van der Waals surface area contributed by atoms with Crippen LogP contribution in [0.3, 0.4) is 0 Å². The first-order valence-electron chi connectivity index (χ1n) is 15.0. The van der Waals surface area contributed by atoms with Crippen LogP contribution in [0.25, 0.3) is 11.3 Å². The first kappa shape index (κ1) is 31.1. The van der Waals surface area contributed by atoms with E-state index in [0.29, 0.717) is 59.0 Å². The number of aromatic nitrogens is 1. The van der Waals surface area contributed by atoms with Gasteiger partial charge in [-0.15, -0.1) is 0 Å². The van der Waals surface area contributed by atoms with E-state index in [1.807, 2.05) is 30.3 Å². The highest BCUT2D eigenvalue weighted by Crippen LogP contribution is 2.50. The Hall–Kier alpha value is -2.38. The Bertz CT molecular complexity index is 1410. The maximum absolute atomic E-state index is 12.2. The summed E-state index contributed by atoms with van der Waals surface area (Å²) in [6.45, 7) is 8.10. The van der Waals surface area contributed by atoms with Gasteiger partial charge in [-0.05, 0) is 93.9 Å². The zero-order valence-electron chi connectivity index (χ0n) is 24.8. The molecule has 1 aromatic heterocycles. The van der Waals surface area contributed by atoms with Crippen LogP contribution in [0.5, 0.6) is 0 Å². The predicted molar refractivity (Wildman–Crippen MR) is 165 cm³/mol. The second kappa shape index (κ2) is 12.3. The summed E-state index contributed by atoms with van der Waals surface area (Å²) >= 11 is 13.1. The number of rotatable bonds is 12. The van der Waals surface area contributed by atoms with Crippen LogP contribution in [0, 0.1) is 17.3 Å². The zero-order chi connectivity index (χ0) is 30.2. The number of nitrogens with zero attached hydrogens (tertiary/aromatic N) is 1. The van der Waals surface area contributed by atoms with Crippen LogP contribution < -0.4 is 0 Å². The van der Waals surface area contributed by atoms with E-state index in [0.717, 1.165) is 48.1 Å². The largest absolute Gasteiger partial charge is 0.481 e. The van der Waals surface area contributed by atoms with Gasteiger partial charge in [-0.25, -0.2) is 0 Å². The van der Waals surface area contributed by atoms with Gasteiger partial charge < -0.3 is 19.5 Å². The number of hydrogen-bond donors (Lipinski definition) is 2. The molecule has 0 unspecified atom stereocenters. The third kappa shape index (κ3) is 6.28. The molecule has 2 fully saturated rings. The summed E-state index contributed by atoms with van der Waals surface area (Å²) in [6.07, 6.45) is 5.49. The summed E-state index contributed by atoms with van der Waals surface area (Å²) in [6, 6.07) is 13.3. The van der Waals surface area contributed by atoms with Crippen molar-refractivity contribution in [1.29, 1.82) is 0 Å². The topological polar surface area (TPSA) is 92.8 Å². The molecule has 0 radical (unpaired) electrons. The number of halogens is 2. The monoisotopic (exact) mass is 613 g/mol. The summed E-state index contributed by atoms with van der Waals surface area (Å²) < 4.78 is 12.4. The van der Waals surface area contributed by atoms with Crippen molar-refractivity contribution in [3.05, 3.63) is 75.0 Å². The fraction of sp³-hybridized carbons (Fsp3) is 0.529. The molecule has 2 N–H and O–H groups in total. The molecule has 226 valence electrons. The molecule has 1 heterocycles. The van der Waals surface area contributed by atoms with Crippen LogP contribution in [0.4, 0.5) is 0 Å². The van der Waals surface area contributed by atoms with Gasteiger partial charge in [-0.3, -0.25) is 4.79 Å². The Kier molecular flexibility index (Phi) is 9.11. The molecule has 0 aliphatic heterocycles. The summed E-state index contributed by atoms with van der Waals surface area (Å²) in [5, 5.41) is 27.2. The molecule has 0 saturated heterocycles. The quantitative estimate of drug-likeness (QED) is 0.212. The molecule has 8 heteroatoms. The number of ether oxygens (including phenoxy) is 1. The average Bonchev–Trinajstić information content (AvgIpc) is 3.64. The fourth-order valence-corrected chi connectivity index (χ4v) is 7.09. The molecule has 6 nitrogen and oxygen atoms in total. The lowest BCUT2D eigenvalue weighted by atomic mass is 9.76. The fourth-order valence-electron chi connectivity index (χ4n) is 6.51. The molecule has 2 aromatic carbocycles. The van der Waals surface area contributed by atoms with Crippen molar-refractivity contribution >= 4 is 29.2 Å². The molecule has 42 heavy (non-hydrogen) atoms. The third-order valence-electron chi connectivity index (χ3n) is 9.33. The van der Waals surface area contributed by atoms with Crippen LogP contribution >= 0.6 is 23.2 Å². The molecule has 2 saturated carbocycles. The lowest BCUT2D eigenvalue weighted by Crippen LogP contribution is -2.35. The molecule has 3 aromatic rings. The molecule has 4 atom stereocenters. The molecule has 0 bridgehead atoms. The number of aliphatic hydroxyl groups is 1. The van der Waals surface area contributed by atoms with Crippen LogP contribution in [-0.2, 0) is 28.2 Å². The van der Waals surface area contributed by atoms with Gasteiger partial charge in [0, 0.05) is 17.0 Å². The van der Waals surface area contributed by atoms with E-state index in [4.69, 9.17) is 32.5 Å². The molecule has 2 aliphatic rings. The van der Waals surface area contributed by atoms with E-state index in [9.17, 15) is 15.0 Å². The minimum absolute atomic E-state index is 0.00644. The van der Waals surface area contributed by atoms with Crippen molar-refractivity contribution < 1.29 is 24.3 Å². The van der Waals surface area contributed by atoms with Crippen LogP contribution in [0.1, 0.15) is 94.6 Å². The summed E-state index contributed by atoms with van der Waals surface area (Å²) in [5.41, 5.74) is 2.07. The van der Waals surface area contributed by atoms with Crippen molar-refractivity contribution in [2.75, 3.05) is 0 Å². The summed E-state index contributed by atoms with van der Waals surface area (Å²) in [4.78, 5) is 11.7. The lowest BCUT2D eigenvalue weighted by molar-refractivity contribution is -0.146. The van der Waals surface area contributed by atoms with Crippen LogP contribution in [0.2, 0.25) is 10.0 Å². The zero-order valence-corrected chi connectivity index (χ0v) is 26.3. The van der Waals surface area contributed by atoms with E-state index >= 15 is 0 Å². The van der Waals surface area contributed by atoms with Gasteiger partial charge in [0.05, 0.1) is 33.8 Å². The normalized spacial score (nSPS) is 23.3. The smallest absolute Gasteiger partial charge is 0.309 e. The van der Waals surface area contributed by atoms with Crippen molar-refractivity contribution in [2.24, 2.45) is 17.3 Å². The van der Waals surface area contributed by atoms with E-state index in [1.165, 1.54) is 0 Å². The van der Waals surface area contributed by atoms with Crippen molar-refractivity contribution in [3.63, 3.8) is 0 Å². The third-order valence-corrected chi connectivity index (χ3v) is 9.96. The van der Waals surface area contributed by atoms with Gasteiger partial charge in [0.1, 0.15) is 11.5 Å². The number of benzene rings is 2. The van der Waals surface area contributed by atoms with Gasteiger partial charge in [0.2, 0.25) is 0 Å². The SMILES string of the molecule is CC[C@H](C[C@@H]1[C@@H](C)CC[C@@]1(O)c1cccc(CC(C)(C)C(=O)O)c1)OCc1c(-c2c(Cl)cccc2Cl)noc1C1CC1. The number of carboxylic acid groups (broad SMARTS) is 1. The highest BCUT2D eigenvalue weighted by atomic mass is 35.5. The maximum atomic E-state index is 12.2. The van der Waals surface area contributed by atoms with Crippen molar-refractivity contribution in [2.45, 2.75) is 96.9 Å². The van der Waals surface area contributed by atoms with E-state index in [2.05, 4.69) is 19.0 Å². The molecular weight excluding hydrogens is 573 g/mol. The van der Waals surface area contributed by atoms with E-state index < -0.39 is 17.0 Å². The van der Waals surface area contributed by atoms with Gasteiger partial charge in [-0.2, -0.15) is 0 Å². The first-order chi connectivity index (χ1) is 19.9. The van der Waals surface area contributed by atoms with Gasteiger partial charge in [0.25, 0.3) is 0 Å². The van der Waals surface area contributed by atoms with E-state index in [-0.39, 0.29) is 12.0 Å². The minimum Gasteiger partial charge on any atom is -0.481 e. The highest BCUT2D eigenvalue weighted by Gasteiger charge is 2.47. The second-order valence-corrected chi connectivity index (χ2v) is 13.7. The highest BCUT2D eigenvalue weighted by molar-refractivity contribution is 6.39. The van der Waals surface area contributed by atoms with Crippen molar-refractivity contribution in [1.82, 2.24) is 5.16 Å². The Balaban J connectivity index is 1.36. The first-order valence-corrected chi connectivity index (χ1v) is 15.8. The Morgan fingerprint density at radius 3 is 2.50 bits per heavy atom. The second-order valence-electron chi connectivity index (χ2n) is 12.9. The lowest BCUT2D eigenvalue weighted by Gasteiger charge is -2.35. The van der Waals surface area contributed by atoms with Crippen LogP contribution in [-0.4, -0.2) is 27.4 Å². The number of carbonyl (C=O) groups is 1. The Morgan fingerprint density at radius 1 is 1.17 bits per heavy atom. The van der Waals surface area contributed by atoms with Crippen molar-refractivity contribution in [3.8, 4) is 11.3 Å². The van der Waals surface area contributed by atoms with E-state index in [1.54, 1.807) is 26.0 Å².